The Kier molecular flexibility index (Phi) is 15.1. The van der Waals surface area contributed by atoms with Gasteiger partial charge in [-0.25, -0.2) is 0 Å². The van der Waals surface area contributed by atoms with Gasteiger partial charge in [-0.2, -0.15) is 0 Å². The lowest BCUT2D eigenvalue weighted by Gasteiger charge is -1.97. The van der Waals surface area contributed by atoms with E-state index >= 15 is 0 Å². The quantitative estimate of drug-likeness (QED) is 0.409. The molecule has 0 heterocycles. The number of unbranched alkanes of at least 4 members (excludes halogenated alkanes) is 10. The van der Waals surface area contributed by atoms with E-state index in [1.807, 2.05) is 0 Å². The molecule has 0 saturated carbocycles. The average Bonchev–Trinajstić information content (AvgIpc) is 2.35. The van der Waals surface area contributed by atoms with Gasteiger partial charge in [0.15, 0.2) is 0 Å². The van der Waals surface area contributed by atoms with Crippen LogP contribution in [0.25, 0.3) is 0 Å². The van der Waals surface area contributed by atoms with Gasteiger partial charge < -0.3 is 5.11 Å². The van der Waals surface area contributed by atoms with E-state index in [1.54, 1.807) is 0 Å². The predicted octanol–water partition coefficient (Wildman–Crippen LogP) is 4.68. The summed E-state index contributed by atoms with van der Waals surface area (Å²) >= 11 is 0. The molecule has 0 saturated heterocycles. The molecule has 100 valence electrons. The van der Waals surface area contributed by atoms with Crippen molar-refractivity contribution in [1.82, 2.24) is 0 Å². The largest absolute Gasteiger partial charge is 0.396 e. The number of aliphatic hydroxyl groups is 1. The summed E-state index contributed by atoms with van der Waals surface area (Å²) in [5, 5.41) is 8.63. The molecule has 0 aliphatic heterocycles. The van der Waals surface area contributed by atoms with Gasteiger partial charge in [0, 0.05) is 19.4 Å². The maximum atomic E-state index is 8.63. The first-order valence-electron chi connectivity index (χ1n) is 7.48. The molecule has 0 bridgehead atoms. The van der Waals surface area contributed by atoms with Crippen LogP contribution in [0.5, 0.6) is 0 Å². The van der Waals surface area contributed by atoms with Crippen molar-refractivity contribution in [3.8, 4) is 11.8 Å². The molecule has 0 rings (SSSR count). The molecule has 0 aromatic heterocycles. The Balaban J connectivity index is 3.04. The molecule has 0 aromatic rings. The summed E-state index contributed by atoms with van der Waals surface area (Å²) in [5.41, 5.74) is 0. The maximum Gasteiger partial charge on any atom is 0.0431 e. The molecule has 0 aromatic carbocycles. The van der Waals surface area contributed by atoms with Gasteiger partial charge in [-0.05, 0) is 19.3 Å². The molecule has 1 nitrogen and oxygen atoms in total. The van der Waals surface area contributed by atoms with Crippen molar-refractivity contribution in [3.63, 3.8) is 0 Å². The average molecular weight is 238 g/mol. The van der Waals surface area contributed by atoms with E-state index < -0.39 is 0 Å². The molecule has 0 spiro atoms. The first-order valence-corrected chi connectivity index (χ1v) is 7.48. The van der Waals surface area contributed by atoms with Crippen LogP contribution in [0.2, 0.25) is 0 Å². The lowest BCUT2D eigenvalue weighted by molar-refractivity contribution is 0.282. The predicted molar refractivity (Wildman–Crippen MR) is 75.9 cm³/mol. The van der Waals surface area contributed by atoms with E-state index in [-0.39, 0.29) is 0 Å². The van der Waals surface area contributed by atoms with E-state index in [0.29, 0.717) is 6.61 Å². The van der Waals surface area contributed by atoms with Gasteiger partial charge in [0.2, 0.25) is 0 Å². The zero-order valence-corrected chi connectivity index (χ0v) is 11.6. The standard InChI is InChI=1S/C16H30O/c1-2-3-4-5-6-7-8-9-10-11-12-13-14-15-16-17/h17H,2-6,9-16H2,1H3. The van der Waals surface area contributed by atoms with E-state index in [1.165, 1.54) is 57.8 Å². The minimum absolute atomic E-state index is 0.351. The number of rotatable bonds is 11. The highest BCUT2D eigenvalue weighted by Crippen LogP contribution is 2.06. The number of hydrogen-bond acceptors (Lipinski definition) is 1. The first kappa shape index (κ1) is 16.5. The Morgan fingerprint density at radius 3 is 1.65 bits per heavy atom. The third-order valence-electron chi connectivity index (χ3n) is 2.99. The fraction of sp³-hybridized carbons (Fsp3) is 0.875. The molecule has 0 aliphatic carbocycles. The summed E-state index contributed by atoms with van der Waals surface area (Å²) in [4.78, 5) is 0. The van der Waals surface area contributed by atoms with Crippen LogP contribution in [-0.2, 0) is 0 Å². The van der Waals surface area contributed by atoms with E-state index in [9.17, 15) is 0 Å². The summed E-state index contributed by atoms with van der Waals surface area (Å²) in [6.07, 6.45) is 14.7. The first-order chi connectivity index (χ1) is 8.41. The molecule has 0 amide bonds. The summed E-state index contributed by atoms with van der Waals surface area (Å²) in [5.74, 6) is 6.55. The number of aliphatic hydroxyl groups excluding tert-OH is 1. The smallest absolute Gasteiger partial charge is 0.0431 e. The van der Waals surface area contributed by atoms with Gasteiger partial charge in [0.05, 0.1) is 0 Å². The van der Waals surface area contributed by atoms with E-state index in [0.717, 1.165) is 19.3 Å². The normalized spacial score (nSPS) is 10.0. The van der Waals surface area contributed by atoms with Gasteiger partial charge in [-0.1, -0.05) is 51.9 Å². The second-order valence-corrected chi connectivity index (χ2v) is 4.76. The Bertz CT molecular complexity index is 187. The third-order valence-corrected chi connectivity index (χ3v) is 2.99. The minimum atomic E-state index is 0.351. The van der Waals surface area contributed by atoms with Crippen molar-refractivity contribution in [2.24, 2.45) is 0 Å². The minimum Gasteiger partial charge on any atom is -0.396 e. The fourth-order valence-electron chi connectivity index (χ4n) is 1.85. The summed E-state index contributed by atoms with van der Waals surface area (Å²) in [6.45, 7) is 2.59. The van der Waals surface area contributed by atoms with Gasteiger partial charge >= 0.3 is 0 Å². The molecular weight excluding hydrogens is 208 g/mol. The van der Waals surface area contributed by atoms with E-state index in [4.69, 9.17) is 5.11 Å². The third kappa shape index (κ3) is 15.5. The van der Waals surface area contributed by atoms with Crippen LogP contribution < -0.4 is 0 Å². The Morgan fingerprint density at radius 2 is 1.12 bits per heavy atom. The van der Waals surface area contributed by atoms with Crippen LogP contribution >= 0.6 is 0 Å². The molecule has 0 atom stereocenters. The highest BCUT2D eigenvalue weighted by atomic mass is 16.2. The maximum absolute atomic E-state index is 8.63. The Labute approximate surface area is 108 Å². The summed E-state index contributed by atoms with van der Waals surface area (Å²) in [6, 6.07) is 0. The highest BCUT2D eigenvalue weighted by Gasteiger charge is 1.89. The van der Waals surface area contributed by atoms with Crippen molar-refractivity contribution in [2.45, 2.75) is 84.0 Å². The zero-order chi connectivity index (χ0) is 12.6. The van der Waals surface area contributed by atoms with Crippen molar-refractivity contribution in [2.75, 3.05) is 6.61 Å². The summed E-state index contributed by atoms with van der Waals surface area (Å²) < 4.78 is 0. The molecule has 1 N–H and O–H groups in total. The molecule has 0 aliphatic rings. The van der Waals surface area contributed by atoms with Crippen LogP contribution in [0.4, 0.5) is 0 Å². The van der Waals surface area contributed by atoms with Crippen LogP contribution in [0.15, 0.2) is 0 Å². The Morgan fingerprint density at radius 1 is 0.647 bits per heavy atom. The van der Waals surface area contributed by atoms with Crippen molar-refractivity contribution >= 4 is 0 Å². The lowest BCUT2D eigenvalue weighted by Crippen LogP contribution is -1.83. The van der Waals surface area contributed by atoms with E-state index in [2.05, 4.69) is 18.8 Å². The van der Waals surface area contributed by atoms with Crippen molar-refractivity contribution in [3.05, 3.63) is 0 Å². The van der Waals surface area contributed by atoms with Crippen LogP contribution in [0.3, 0.4) is 0 Å². The van der Waals surface area contributed by atoms with Gasteiger partial charge in [0.1, 0.15) is 0 Å². The zero-order valence-electron chi connectivity index (χ0n) is 11.6. The topological polar surface area (TPSA) is 20.2 Å². The lowest BCUT2D eigenvalue weighted by atomic mass is 10.1. The van der Waals surface area contributed by atoms with Crippen molar-refractivity contribution in [1.29, 1.82) is 0 Å². The molecule has 0 radical (unpaired) electrons. The van der Waals surface area contributed by atoms with Crippen molar-refractivity contribution < 1.29 is 5.11 Å². The number of hydrogen-bond donors (Lipinski definition) is 1. The molecular formula is C16H30O. The van der Waals surface area contributed by atoms with Gasteiger partial charge in [0.25, 0.3) is 0 Å². The molecule has 0 unspecified atom stereocenters. The molecule has 1 heteroatoms. The fourth-order valence-corrected chi connectivity index (χ4v) is 1.85. The summed E-state index contributed by atoms with van der Waals surface area (Å²) in [7, 11) is 0. The SMILES string of the molecule is CCCCCCC#CCCCCCCCCO. The monoisotopic (exact) mass is 238 g/mol. The van der Waals surface area contributed by atoms with Crippen LogP contribution in [-0.4, -0.2) is 11.7 Å². The second-order valence-electron chi connectivity index (χ2n) is 4.76. The second kappa shape index (κ2) is 15.5. The van der Waals surface area contributed by atoms with Crippen LogP contribution in [0.1, 0.15) is 84.0 Å². The Hall–Kier alpha value is -0.480. The molecule has 17 heavy (non-hydrogen) atoms. The van der Waals surface area contributed by atoms with Gasteiger partial charge in [-0.3, -0.25) is 0 Å². The highest BCUT2D eigenvalue weighted by molar-refractivity contribution is 4.98. The van der Waals surface area contributed by atoms with Gasteiger partial charge in [-0.15, -0.1) is 11.8 Å². The molecule has 0 fully saturated rings. The van der Waals surface area contributed by atoms with Crippen LogP contribution in [0, 0.1) is 11.8 Å².